The highest BCUT2D eigenvalue weighted by Crippen LogP contribution is 2.18. The van der Waals surface area contributed by atoms with Gasteiger partial charge in [0.25, 0.3) is 0 Å². The summed E-state index contributed by atoms with van der Waals surface area (Å²) in [5.74, 6) is 0. The Labute approximate surface area is 80.1 Å². The molecule has 5 nitrogen and oxygen atoms in total. The molecule has 2 aromatic heterocycles. The van der Waals surface area contributed by atoms with Crippen LogP contribution in [0.1, 0.15) is 5.56 Å². The first-order valence-electron chi connectivity index (χ1n) is 4.19. The first-order chi connectivity index (χ1) is 6.68. The maximum absolute atomic E-state index is 10.4. The second-order valence-electron chi connectivity index (χ2n) is 3.13. The van der Waals surface area contributed by atoms with E-state index in [1.807, 2.05) is 13.1 Å². The van der Waals surface area contributed by atoms with Crippen molar-refractivity contribution in [1.29, 1.82) is 0 Å². The van der Waals surface area contributed by atoms with Crippen LogP contribution in [-0.4, -0.2) is 14.5 Å². The Hall–Kier alpha value is -1.91. The standard InChI is InChI=1S/C9H9N3O2/c1-11-5-7(6-12(13)14)8-3-2-4-10-9(8)11/h2-5H,6H2,1H3. The number of fused-ring (bicyclic) bond motifs is 1. The van der Waals surface area contributed by atoms with Crippen LogP contribution in [0.2, 0.25) is 0 Å². The summed E-state index contributed by atoms with van der Waals surface area (Å²) in [5, 5.41) is 11.3. The molecule has 2 aromatic rings. The van der Waals surface area contributed by atoms with Crippen LogP contribution in [0, 0.1) is 10.1 Å². The molecule has 0 aliphatic carbocycles. The summed E-state index contributed by atoms with van der Waals surface area (Å²) in [4.78, 5) is 14.2. The molecule has 72 valence electrons. The largest absolute Gasteiger partial charge is 0.335 e. The first-order valence-corrected chi connectivity index (χ1v) is 4.19. The molecule has 0 aliphatic rings. The molecular formula is C9H9N3O2. The fourth-order valence-electron chi connectivity index (χ4n) is 1.56. The van der Waals surface area contributed by atoms with Gasteiger partial charge in [-0.25, -0.2) is 4.98 Å². The molecule has 0 radical (unpaired) electrons. The van der Waals surface area contributed by atoms with Gasteiger partial charge in [-0.15, -0.1) is 0 Å². The van der Waals surface area contributed by atoms with Crippen LogP contribution in [0.15, 0.2) is 24.5 Å². The Kier molecular flexibility index (Phi) is 1.92. The third-order valence-electron chi connectivity index (χ3n) is 2.12. The van der Waals surface area contributed by atoms with Gasteiger partial charge in [0.1, 0.15) is 5.65 Å². The van der Waals surface area contributed by atoms with Gasteiger partial charge >= 0.3 is 0 Å². The van der Waals surface area contributed by atoms with E-state index in [0.29, 0.717) is 5.56 Å². The van der Waals surface area contributed by atoms with E-state index < -0.39 is 0 Å². The van der Waals surface area contributed by atoms with Crippen molar-refractivity contribution in [3.05, 3.63) is 40.2 Å². The molecule has 0 aliphatic heterocycles. The second kappa shape index (κ2) is 3.10. The van der Waals surface area contributed by atoms with Gasteiger partial charge < -0.3 is 4.57 Å². The fraction of sp³-hybridized carbons (Fsp3) is 0.222. The van der Waals surface area contributed by atoms with Gasteiger partial charge in [-0.3, -0.25) is 10.1 Å². The minimum absolute atomic E-state index is 0.150. The Balaban J connectivity index is 2.60. The first kappa shape index (κ1) is 8.68. The van der Waals surface area contributed by atoms with Gasteiger partial charge in [0.2, 0.25) is 6.54 Å². The number of hydrogen-bond acceptors (Lipinski definition) is 3. The molecule has 0 N–H and O–H groups in total. The summed E-state index contributed by atoms with van der Waals surface area (Å²) >= 11 is 0. The van der Waals surface area contributed by atoms with Crippen molar-refractivity contribution < 1.29 is 4.92 Å². The number of rotatable bonds is 2. The van der Waals surface area contributed by atoms with Crippen LogP contribution < -0.4 is 0 Å². The molecule has 0 spiro atoms. The maximum Gasteiger partial charge on any atom is 0.231 e. The number of nitro groups is 1. The zero-order valence-corrected chi connectivity index (χ0v) is 7.67. The van der Waals surface area contributed by atoms with Crippen molar-refractivity contribution in [2.75, 3.05) is 0 Å². The zero-order valence-electron chi connectivity index (χ0n) is 7.67. The summed E-state index contributed by atoms with van der Waals surface area (Å²) in [7, 11) is 1.83. The molecule has 5 heteroatoms. The van der Waals surface area contributed by atoms with Crippen molar-refractivity contribution in [3.8, 4) is 0 Å². The van der Waals surface area contributed by atoms with Crippen molar-refractivity contribution in [2.45, 2.75) is 6.54 Å². The Morgan fingerprint density at radius 3 is 3.14 bits per heavy atom. The van der Waals surface area contributed by atoms with E-state index in [0.717, 1.165) is 11.0 Å². The third kappa shape index (κ3) is 1.32. The highest BCUT2D eigenvalue weighted by atomic mass is 16.6. The molecule has 14 heavy (non-hydrogen) atoms. The molecule has 0 saturated heterocycles. The predicted octanol–water partition coefficient (Wildman–Crippen LogP) is 1.35. The Morgan fingerprint density at radius 1 is 1.64 bits per heavy atom. The summed E-state index contributed by atoms with van der Waals surface area (Å²) in [6.45, 7) is -0.150. The molecule has 2 heterocycles. The number of nitrogens with zero attached hydrogens (tertiary/aromatic N) is 3. The average Bonchev–Trinajstić information content (AvgIpc) is 2.44. The van der Waals surface area contributed by atoms with E-state index in [9.17, 15) is 10.1 Å². The van der Waals surface area contributed by atoms with E-state index in [2.05, 4.69) is 4.98 Å². The Bertz CT molecular complexity index is 490. The van der Waals surface area contributed by atoms with Crippen LogP contribution in [0.5, 0.6) is 0 Å². The normalized spacial score (nSPS) is 10.6. The summed E-state index contributed by atoms with van der Waals surface area (Å²) < 4.78 is 1.80. The monoisotopic (exact) mass is 191 g/mol. The zero-order chi connectivity index (χ0) is 10.1. The molecule has 0 bridgehead atoms. The number of aromatic nitrogens is 2. The minimum atomic E-state index is -0.332. The smallest absolute Gasteiger partial charge is 0.231 e. The van der Waals surface area contributed by atoms with Crippen LogP contribution >= 0.6 is 0 Å². The van der Waals surface area contributed by atoms with Crippen LogP contribution in [-0.2, 0) is 13.6 Å². The predicted molar refractivity (Wildman–Crippen MR) is 51.4 cm³/mol. The summed E-state index contributed by atoms with van der Waals surface area (Å²) in [6, 6.07) is 3.63. The summed E-state index contributed by atoms with van der Waals surface area (Å²) in [5.41, 5.74) is 1.49. The second-order valence-corrected chi connectivity index (χ2v) is 3.13. The molecule has 0 saturated carbocycles. The van der Waals surface area contributed by atoms with E-state index in [-0.39, 0.29) is 11.5 Å². The highest BCUT2D eigenvalue weighted by Gasteiger charge is 2.10. The molecule has 0 fully saturated rings. The van der Waals surface area contributed by atoms with E-state index >= 15 is 0 Å². The molecule has 0 amide bonds. The van der Waals surface area contributed by atoms with Crippen molar-refractivity contribution in [3.63, 3.8) is 0 Å². The quantitative estimate of drug-likeness (QED) is 0.531. The van der Waals surface area contributed by atoms with Gasteiger partial charge in [0.15, 0.2) is 0 Å². The van der Waals surface area contributed by atoms with Gasteiger partial charge in [0, 0.05) is 35.3 Å². The van der Waals surface area contributed by atoms with Gasteiger partial charge in [-0.05, 0) is 12.1 Å². The van der Waals surface area contributed by atoms with E-state index in [1.165, 1.54) is 0 Å². The minimum Gasteiger partial charge on any atom is -0.335 e. The van der Waals surface area contributed by atoms with Gasteiger partial charge in [0.05, 0.1) is 0 Å². The van der Waals surface area contributed by atoms with Crippen molar-refractivity contribution in [2.24, 2.45) is 7.05 Å². The SMILES string of the molecule is Cn1cc(C[N+](=O)[O-])c2cccnc21. The lowest BCUT2D eigenvalue weighted by atomic mass is 10.2. The molecular weight excluding hydrogens is 182 g/mol. The topological polar surface area (TPSA) is 61.0 Å². The lowest BCUT2D eigenvalue weighted by molar-refractivity contribution is -0.496. The fourth-order valence-corrected chi connectivity index (χ4v) is 1.56. The average molecular weight is 191 g/mol. The Morgan fingerprint density at radius 2 is 2.43 bits per heavy atom. The lowest BCUT2D eigenvalue weighted by Gasteiger charge is -1.92. The number of pyridine rings is 1. The molecule has 2 rings (SSSR count). The number of hydrogen-bond donors (Lipinski definition) is 0. The summed E-state index contributed by atoms with van der Waals surface area (Å²) in [6.07, 6.45) is 3.43. The number of aryl methyl sites for hydroxylation is 1. The lowest BCUT2D eigenvalue weighted by Crippen LogP contribution is -1.96. The van der Waals surface area contributed by atoms with Crippen LogP contribution in [0.25, 0.3) is 11.0 Å². The van der Waals surface area contributed by atoms with Gasteiger partial charge in [-0.2, -0.15) is 0 Å². The highest BCUT2D eigenvalue weighted by molar-refractivity contribution is 5.80. The molecule has 0 aromatic carbocycles. The van der Waals surface area contributed by atoms with Crippen LogP contribution in [0.4, 0.5) is 0 Å². The van der Waals surface area contributed by atoms with Crippen molar-refractivity contribution >= 4 is 11.0 Å². The van der Waals surface area contributed by atoms with Crippen LogP contribution in [0.3, 0.4) is 0 Å². The molecule has 0 unspecified atom stereocenters. The maximum atomic E-state index is 10.4. The third-order valence-corrected chi connectivity index (χ3v) is 2.12. The van der Waals surface area contributed by atoms with E-state index in [1.54, 1.807) is 23.0 Å². The van der Waals surface area contributed by atoms with E-state index in [4.69, 9.17) is 0 Å². The molecule has 0 atom stereocenters. The van der Waals surface area contributed by atoms with Crippen molar-refractivity contribution in [1.82, 2.24) is 9.55 Å². The van der Waals surface area contributed by atoms with Gasteiger partial charge in [-0.1, -0.05) is 0 Å².